The summed E-state index contributed by atoms with van der Waals surface area (Å²) in [6, 6.07) is 7.88. The molecule has 0 bridgehead atoms. The first-order valence-corrected chi connectivity index (χ1v) is 11.9. The summed E-state index contributed by atoms with van der Waals surface area (Å²) in [5.74, 6) is 0.646. The van der Waals surface area contributed by atoms with Gasteiger partial charge in [-0.1, -0.05) is 0 Å². The minimum atomic E-state index is -4.06. The molecule has 0 spiro atoms. The summed E-state index contributed by atoms with van der Waals surface area (Å²) in [7, 11) is -4.06. The Morgan fingerprint density at radius 2 is 1.94 bits per heavy atom. The van der Waals surface area contributed by atoms with Gasteiger partial charge in [-0.2, -0.15) is 8.75 Å². The molecule has 5 rings (SSSR count). The number of sulfonamides is 1. The lowest BCUT2D eigenvalue weighted by Crippen LogP contribution is -2.19. The van der Waals surface area contributed by atoms with Crippen LogP contribution in [-0.4, -0.2) is 34.8 Å². The van der Waals surface area contributed by atoms with E-state index in [1.54, 1.807) is 25.1 Å². The number of aromatic nitrogens is 3. The van der Waals surface area contributed by atoms with Gasteiger partial charge >= 0.3 is 0 Å². The molecule has 3 aromatic heterocycles. The number of rotatable bonds is 5. The van der Waals surface area contributed by atoms with Crippen molar-refractivity contribution >= 4 is 61.7 Å². The Labute approximate surface area is 184 Å². The number of hydrogen-bond acceptors (Lipinski definition) is 10. The number of pyridine rings is 1. The third-order valence-electron chi connectivity index (χ3n) is 4.45. The lowest BCUT2D eigenvalue weighted by molar-refractivity contribution is 0.102. The molecular formula is C18H13N5O5S3. The summed E-state index contributed by atoms with van der Waals surface area (Å²) in [4.78, 5) is 16.9. The SMILES string of the molecule is Cc1cc2c(cc1NC(=O)c1sccc1S(=O)(=O)Nc1ccc3nsnc3n1)OCO2. The van der Waals surface area contributed by atoms with Crippen molar-refractivity contribution < 1.29 is 22.7 Å². The molecule has 0 saturated heterocycles. The number of benzene rings is 1. The molecule has 158 valence electrons. The van der Waals surface area contributed by atoms with Crippen LogP contribution in [0, 0.1) is 6.92 Å². The van der Waals surface area contributed by atoms with E-state index >= 15 is 0 Å². The molecule has 4 aromatic rings. The van der Waals surface area contributed by atoms with Gasteiger partial charge in [0, 0.05) is 11.8 Å². The third-order valence-corrected chi connectivity index (χ3v) is 7.42. The van der Waals surface area contributed by atoms with E-state index in [4.69, 9.17) is 9.47 Å². The van der Waals surface area contributed by atoms with E-state index in [1.165, 1.54) is 17.5 Å². The van der Waals surface area contributed by atoms with Crippen molar-refractivity contribution in [2.45, 2.75) is 11.8 Å². The fourth-order valence-corrected chi connectivity index (χ4v) is 5.77. The summed E-state index contributed by atoms with van der Waals surface area (Å²) in [6.07, 6.45) is 0. The number of amides is 1. The van der Waals surface area contributed by atoms with Crippen molar-refractivity contribution in [2.24, 2.45) is 0 Å². The highest BCUT2D eigenvalue weighted by Crippen LogP contribution is 2.37. The monoisotopic (exact) mass is 475 g/mol. The van der Waals surface area contributed by atoms with E-state index in [0.29, 0.717) is 28.4 Å². The van der Waals surface area contributed by atoms with Crippen LogP contribution in [-0.2, 0) is 10.0 Å². The predicted octanol–water partition coefficient (Wildman–Crippen LogP) is 3.24. The average Bonchev–Trinajstić information content (AvgIpc) is 3.47. The maximum absolute atomic E-state index is 12.9. The first-order chi connectivity index (χ1) is 14.9. The molecule has 0 unspecified atom stereocenters. The molecule has 1 aromatic carbocycles. The average molecular weight is 476 g/mol. The van der Waals surface area contributed by atoms with Gasteiger partial charge in [-0.15, -0.1) is 11.3 Å². The fourth-order valence-electron chi connectivity index (χ4n) is 2.96. The summed E-state index contributed by atoms with van der Waals surface area (Å²) in [6.45, 7) is 1.92. The lowest BCUT2D eigenvalue weighted by Gasteiger charge is -2.11. The van der Waals surface area contributed by atoms with Crippen molar-refractivity contribution in [3.05, 3.63) is 46.2 Å². The second-order valence-electron chi connectivity index (χ2n) is 6.50. The van der Waals surface area contributed by atoms with Crippen LogP contribution in [0.4, 0.5) is 11.5 Å². The van der Waals surface area contributed by atoms with Gasteiger partial charge in [0.2, 0.25) is 6.79 Å². The number of aryl methyl sites for hydroxylation is 1. The highest BCUT2D eigenvalue weighted by molar-refractivity contribution is 7.93. The van der Waals surface area contributed by atoms with E-state index < -0.39 is 15.9 Å². The zero-order valence-electron chi connectivity index (χ0n) is 15.8. The first-order valence-electron chi connectivity index (χ1n) is 8.82. The number of nitrogens with one attached hydrogen (secondary N) is 2. The van der Waals surface area contributed by atoms with Gasteiger partial charge in [0.05, 0.1) is 11.7 Å². The number of nitrogens with zero attached hydrogens (tertiary/aromatic N) is 3. The number of carbonyl (C=O) groups excluding carboxylic acids is 1. The molecule has 4 heterocycles. The normalized spacial score (nSPS) is 12.8. The minimum Gasteiger partial charge on any atom is -0.454 e. The van der Waals surface area contributed by atoms with Crippen LogP contribution < -0.4 is 19.5 Å². The van der Waals surface area contributed by atoms with Crippen LogP contribution in [0.15, 0.2) is 40.6 Å². The Bertz CT molecular complexity index is 1430. The third kappa shape index (κ3) is 3.66. The number of anilines is 2. The summed E-state index contributed by atoms with van der Waals surface area (Å²) < 4.78 is 47.0. The smallest absolute Gasteiger partial charge is 0.267 e. The van der Waals surface area contributed by atoms with E-state index in [0.717, 1.165) is 28.6 Å². The second-order valence-corrected chi connectivity index (χ2v) is 9.59. The largest absolute Gasteiger partial charge is 0.454 e. The van der Waals surface area contributed by atoms with Crippen LogP contribution in [0.3, 0.4) is 0 Å². The molecule has 0 aliphatic carbocycles. The van der Waals surface area contributed by atoms with E-state index in [9.17, 15) is 13.2 Å². The second kappa shape index (κ2) is 7.44. The molecule has 2 N–H and O–H groups in total. The number of ether oxygens (including phenoxy) is 2. The van der Waals surface area contributed by atoms with Crippen molar-refractivity contribution in [3.63, 3.8) is 0 Å². The highest BCUT2D eigenvalue weighted by atomic mass is 32.2. The van der Waals surface area contributed by atoms with E-state index in [2.05, 4.69) is 23.8 Å². The number of thiophene rings is 1. The van der Waals surface area contributed by atoms with Crippen LogP contribution in [0.5, 0.6) is 11.5 Å². The summed E-state index contributed by atoms with van der Waals surface area (Å²) in [5, 5.41) is 4.29. The molecule has 31 heavy (non-hydrogen) atoms. The van der Waals surface area contributed by atoms with Gasteiger partial charge in [-0.25, -0.2) is 13.4 Å². The van der Waals surface area contributed by atoms with Crippen LogP contribution in [0.1, 0.15) is 15.2 Å². The van der Waals surface area contributed by atoms with E-state index in [1.807, 2.05) is 0 Å². The molecule has 10 nitrogen and oxygen atoms in total. The molecular weight excluding hydrogens is 462 g/mol. The van der Waals surface area contributed by atoms with Crippen molar-refractivity contribution in [1.82, 2.24) is 13.7 Å². The lowest BCUT2D eigenvalue weighted by atomic mass is 10.1. The van der Waals surface area contributed by atoms with Gasteiger partial charge in [0.15, 0.2) is 17.1 Å². The highest BCUT2D eigenvalue weighted by Gasteiger charge is 2.26. The summed E-state index contributed by atoms with van der Waals surface area (Å²) in [5.41, 5.74) is 2.17. The quantitative estimate of drug-likeness (QED) is 0.450. The maximum Gasteiger partial charge on any atom is 0.267 e. The first kappa shape index (κ1) is 19.7. The van der Waals surface area contributed by atoms with Crippen molar-refractivity contribution in [3.8, 4) is 11.5 Å². The molecule has 1 amide bonds. The van der Waals surface area contributed by atoms with Crippen LogP contribution in [0.2, 0.25) is 0 Å². The van der Waals surface area contributed by atoms with Crippen LogP contribution in [0.25, 0.3) is 11.2 Å². The van der Waals surface area contributed by atoms with Gasteiger partial charge in [0.1, 0.15) is 21.1 Å². The fraction of sp³-hybridized carbons (Fsp3) is 0.111. The topological polar surface area (TPSA) is 132 Å². The molecule has 13 heteroatoms. The maximum atomic E-state index is 12.9. The Morgan fingerprint density at radius 1 is 1.13 bits per heavy atom. The van der Waals surface area contributed by atoms with Gasteiger partial charge in [0.25, 0.3) is 15.9 Å². The van der Waals surface area contributed by atoms with Gasteiger partial charge < -0.3 is 14.8 Å². The molecule has 1 aliphatic rings. The van der Waals surface area contributed by atoms with Gasteiger partial charge in [-0.3, -0.25) is 9.52 Å². The molecule has 0 fully saturated rings. The molecule has 0 radical (unpaired) electrons. The standard InChI is InChI=1S/C18H13N5O5S3/c1-9-6-12-13(28-8-27-12)7-11(9)19-18(24)16-14(4-5-29-16)31(25,26)23-15-3-2-10-17(20-15)22-30-21-10/h2-7H,8H2,1H3,(H,19,24)(H,20,22,23). The zero-order valence-corrected chi connectivity index (χ0v) is 18.2. The molecule has 0 saturated carbocycles. The van der Waals surface area contributed by atoms with Crippen molar-refractivity contribution in [2.75, 3.05) is 16.8 Å². The predicted molar refractivity (Wildman–Crippen MR) is 116 cm³/mol. The number of carbonyl (C=O) groups is 1. The molecule has 1 aliphatic heterocycles. The molecule has 0 atom stereocenters. The summed E-state index contributed by atoms with van der Waals surface area (Å²) >= 11 is 2.01. The van der Waals surface area contributed by atoms with Crippen molar-refractivity contribution in [1.29, 1.82) is 0 Å². The Balaban J connectivity index is 1.41. The number of fused-ring (bicyclic) bond motifs is 2. The Hall–Kier alpha value is -3.29. The Kier molecular flexibility index (Phi) is 4.72. The number of hydrogen-bond donors (Lipinski definition) is 2. The van der Waals surface area contributed by atoms with Crippen LogP contribution >= 0.6 is 23.1 Å². The minimum absolute atomic E-state index is 0.0426. The Morgan fingerprint density at radius 3 is 2.77 bits per heavy atom. The van der Waals surface area contributed by atoms with E-state index in [-0.39, 0.29) is 22.4 Å². The zero-order chi connectivity index (χ0) is 21.6. The van der Waals surface area contributed by atoms with Gasteiger partial charge in [-0.05, 0) is 42.1 Å².